The predicted octanol–water partition coefficient (Wildman–Crippen LogP) is 3.37. The van der Waals surface area contributed by atoms with Crippen LogP contribution in [0.1, 0.15) is 56.5 Å². The average molecular weight is 347 g/mol. The number of nitrogens with zero attached hydrogens (tertiary/aromatic N) is 3. The summed E-state index contributed by atoms with van der Waals surface area (Å²) in [5.74, 6) is 1.02. The number of carbonyl (C=O) groups excluding carboxylic acids is 1. The van der Waals surface area contributed by atoms with Gasteiger partial charge in [-0.15, -0.1) is 0 Å². The lowest BCUT2D eigenvalue weighted by atomic mass is 10.1. The lowest BCUT2D eigenvalue weighted by molar-refractivity contribution is 0.0773. The van der Waals surface area contributed by atoms with Crippen LogP contribution in [0, 0.1) is 0 Å². The Morgan fingerprint density at radius 2 is 1.72 bits per heavy atom. The molecule has 0 aliphatic heterocycles. The standard InChI is InChI=1S/C20H34N4O/c1-6-10-15-23(5)20(21-7-2)22-16-17-11-13-18(14-12-17)19(25)24(8-3)9-4/h11-14H,6-10,15-16H2,1-5H3,(H,21,22). The van der Waals surface area contributed by atoms with Crippen molar-refractivity contribution in [1.82, 2.24) is 15.1 Å². The number of benzene rings is 1. The lowest BCUT2D eigenvalue weighted by Crippen LogP contribution is -2.39. The van der Waals surface area contributed by atoms with Crippen molar-refractivity contribution in [3.8, 4) is 0 Å². The number of aliphatic imine (C=N–C) groups is 1. The highest BCUT2D eigenvalue weighted by atomic mass is 16.2. The summed E-state index contributed by atoms with van der Waals surface area (Å²) in [6.07, 6.45) is 2.33. The summed E-state index contributed by atoms with van der Waals surface area (Å²) in [5, 5.41) is 3.34. The summed E-state index contributed by atoms with van der Waals surface area (Å²) in [6.45, 7) is 12.2. The van der Waals surface area contributed by atoms with Gasteiger partial charge >= 0.3 is 0 Å². The molecule has 0 saturated heterocycles. The molecule has 1 aromatic carbocycles. The first-order valence-electron chi connectivity index (χ1n) is 9.44. The second kappa shape index (κ2) is 11.5. The molecule has 0 unspecified atom stereocenters. The monoisotopic (exact) mass is 346 g/mol. The molecule has 1 N–H and O–H groups in total. The van der Waals surface area contributed by atoms with Gasteiger partial charge in [0.1, 0.15) is 0 Å². The first kappa shape index (κ1) is 21.0. The van der Waals surface area contributed by atoms with Crippen molar-refractivity contribution in [2.45, 2.75) is 47.1 Å². The van der Waals surface area contributed by atoms with Crippen LogP contribution in [0.5, 0.6) is 0 Å². The highest BCUT2D eigenvalue weighted by molar-refractivity contribution is 5.94. The van der Waals surface area contributed by atoms with Gasteiger partial charge in [0.25, 0.3) is 5.91 Å². The van der Waals surface area contributed by atoms with Crippen molar-refractivity contribution in [1.29, 1.82) is 0 Å². The first-order chi connectivity index (χ1) is 12.1. The Labute approximate surface area is 153 Å². The highest BCUT2D eigenvalue weighted by Gasteiger charge is 2.12. The Balaban J connectivity index is 2.76. The van der Waals surface area contributed by atoms with E-state index < -0.39 is 0 Å². The van der Waals surface area contributed by atoms with Gasteiger partial charge in [0.2, 0.25) is 0 Å². The molecule has 0 saturated carbocycles. The number of hydrogen-bond acceptors (Lipinski definition) is 2. The zero-order chi connectivity index (χ0) is 18.7. The van der Waals surface area contributed by atoms with Gasteiger partial charge in [-0.2, -0.15) is 0 Å². The third-order valence-electron chi connectivity index (χ3n) is 4.21. The summed E-state index contributed by atoms with van der Waals surface area (Å²) in [7, 11) is 2.07. The summed E-state index contributed by atoms with van der Waals surface area (Å²) >= 11 is 0. The molecular weight excluding hydrogens is 312 g/mol. The number of amides is 1. The van der Waals surface area contributed by atoms with Crippen LogP contribution >= 0.6 is 0 Å². The Kier molecular flexibility index (Phi) is 9.66. The summed E-state index contributed by atoms with van der Waals surface area (Å²) in [5.41, 5.74) is 1.85. The molecule has 0 aliphatic rings. The largest absolute Gasteiger partial charge is 0.357 e. The van der Waals surface area contributed by atoms with Gasteiger partial charge in [-0.3, -0.25) is 4.79 Å². The number of rotatable bonds is 9. The summed E-state index contributed by atoms with van der Waals surface area (Å²) < 4.78 is 0. The summed E-state index contributed by atoms with van der Waals surface area (Å²) in [6, 6.07) is 7.80. The number of carbonyl (C=O) groups is 1. The van der Waals surface area contributed by atoms with E-state index in [1.165, 1.54) is 6.42 Å². The van der Waals surface area contributed by atoms with E-state index in [0.29, 0.717) is 6.54 Å². The van der Waals surface area contributed by atoms with Gasteiger partial charge in [0, 0.05) is 38.8 Å². The van der Waals surface area contributed by atoms with Crippen molar-refractivity contribution in [3.05, 3.63) is 35.4 Å². The Hall–Kier alpha value is -2.04. The van der Waals surface area contributed by atoms with Crippen molar-refractivity contribution < 1.29 is 4.79 Å². The molecule has 0 bridgehead atoms. The summed E-state index contributed by atoms with van der Waals surface area (Å²) in [4.78, 5) is 21.1. The van der Waals surface area contributed by atoms with E-state index in [1.54, 1.807) is 0 Å². The van der Waals surface area contributed by atoms with E-state index in [9.17, 15) is 4.79 Å². The van der Waals surface area contributed by atoms with E-state index in [2.05, 4.69) is 31.1 Å². The topological polar surface area (TPSA) is 47.9 Å². The van der Waals surface area contributed by atoms with Gasteiger partial charge in [-0.05, 0) is 44.9 Å². The minimum Gasteiger partial charge on any atom is -0.357 e. The Bertz CT molecular complexity index is 535. The Morgan fingerprint density at radius 1 is 1.08 bits per heavy atom. The van der Waals surface area contributed by atoms with Crippen molar-refractivity contribution in [3.63, 3.8) is 0 Å². The third-order valence-corrected chi connectivity index (χ3v) is 4.21. The van der Waals surface area contributed by atoms with Gasteiger partial charge in [-0.25, -0.2) is 4.99 Å². The second-order valence-corrected chi connectivity index (χ2v) is 6.12. The molecular formula is C20H34N4O. The molecule has 1 rings (SSSR count). The van der Waals surface area contributed by atoms with Crippen molar-refractivity contribution >= 4 is 11.9 Å². The van der Waals surface area contributed by atoms with Crippen molar-refractivity contribution in [2.24, 2.45) is 4.99 Å². The van der Waals surface area contributed by atoms with Crippen molar-refractivity contribution in [2.75, 3.05) is 33.2 Å². The van der Waals surface area contributed by atoms with E-state index in [4.69, 9.17) is 4.99 Å². The maximum Gasteiger partial charge on any atom is 0.253 e. The Morgan fingerprint density at radius 3 is 2.24 bits per heavy atom. The SMILES string of the molecule is CCCCN(C)C(=NCc1ccc(C(=O)N(CC)CC)cc1)NCC. The van der Waals surface area contributed by atoms with Crippen LogP contribution in [0.15, 0.2) is 29.3 Å². The van der Waals surface area contributed by atoms with Crippen LogP contribution in [-0.2, 0) is 6.54 Å². The highest BCUT2D eigenvalue weighted by Crippen LogP contribution is 2.09. The minimum absolute atomic E-state index is 0.0905. The molecule has 0 fully saturated rings. The van der Waals surface area contributed by atoms with Crippen LogP contribution in [0.3, 0.4) is 0 Å². The van der Waals surface area contributed by atoms with Crippen LogP contribution < -0.4 is 5.32 Å². The van der Waals surface area contributed by atoms with E-state index in [-0.39, 0.29) is 5.91 Å². The molecule has 0 atom stereocenters. The third kappa shape index (κ3) is 6.77. The molecule has 5 nitrogen and oxygen atoms in total. The van der Waals surface area contributed by atoms with E-state index >= 15 is 0 Å². The molecule has 1 aromatic rings. The lowest BCUT2D eigenvalue weighted by Gasteiger charge is -2.21. The van der Waals surface area contributed by atoms with Crippen LogP contribution in [0.2, 0.25) is 0 Å². The van der Waals surface area contributed by atoms with Gasteiger partial charge in [0.15, 0.2) is 5.96 Å². The second-order valence-electron chi connectivity index (χ2n) is 6.12. The van der Waals surface area contributed by atoms with Crippen LogP contribution in [-0.4, -0.2) is 54.9 Å². The molecule has 25 heavy (non-hydrogen) atoms. The maximum atomic E-state index is 12.3. The first-order valence-corrected chi connectivity index (χ1v) is 9.44. The molecule has 1 amide bonds. The van der Waals surface area contributed by atoms with Crippen LogP contribution in [0.25, 0.3) is 0 Å². The molecule has 140 valence electrons. The fraction of sp³-hybridized carbons (Fsp3) is 0.600. The molecule has 0 radical (unpaired) electrons. The number of guanidine groups is 1. The van der Waals surface area contributed by atoms with Crippen LogP contribution in [0.4, 0.5) is 0 Å². The fourth-order valence-corrected chi connectivity index (χ4v) is 2.58. The predicted molar refractivity (Wildman–Crippen MR) is 106 cm³/mol. The molecule has 5 heteroatoms. The quantitative estimate of drug-likeness (QED) is 0.551. The smallest absolute Gasteiger partial charge is 0.253 e. The molecule has 0 spiro atoms. The fourth-order valence-electron chi connectivity index (χ4n) is 2.58. The van der Waals surface area contributed by atoms with E-state index in [1.807, 2.05) is 43.0 Å². The molecule has 0 aliphatic carbocycles. The zero-order valence-corrected chi connectivity index (χ0v) is 16.5. The molecule has 0 heterocycles. The number of hydrogen-bond donors (Lipinski definition) is 1. The molecule has 0 aromatic heterocycles. The normalized spacial score (nSPS) is 11.3. The zero-order valence-electron chi connectivity index (χ0n) is 16.5. The van der Waals surface area contributed by atoms with E-state index in [0.717, 1.165) is 49.7 Å². The number of unbranched alkanes of at least 4 members (excludes halogenated alkanes) is 1. The maximum absolute atomic E-state index is 12.3. The number of nitrogens with one attached hydrogen (secondary N) is 1. The van der Waals surface area contributed by atoms with Gasteiger partial charge in [0.05, 0.1) is 6.54 Å². The average Bonchev–Trinajstić information content (AvgIpc) is 2.64. The van der Waals surface area contributed by atoms with Gasteiger partial charge in [-0.1, -0.05) is 25.5 Å². The van der Waals surface area contributed by atoms with Gasteiger partial charge < -0.3 is 15.1 Å². The minimum atomic E-state index is 0.0905.